The number of nitrogens with zero attached hydrogens (tertiary/aromatic N) is 3. The Morgan fingerprint density at radius 2 is 1.32 bits per heavy atom. The van der Waals surface area contributed by atoms with Crippen molar-refractivity contribution in [2.45, 2.75) is 41.2 Å². The van der Waals surface area contributed by atoms with Gasteiger partial charge in [-0.15, -0.1) is 0 Å². The zero-order valence-corrected chi connectivity index (χ0v) is 27.0. The van der Waals surface area contributed by atoms with Gasteiger partial charge in [-0.1, -0.05) is 85.5 Å². The molecule has 0 spiro atoms. The lowest BCUT2D eigenvalue weighted by molar-refractivity contribution is 0.865. The molecule has 0 atom stereocenters. The first-order valence-corrected chi connectivity index (χ1v) is 16.0. The first-order chi connectivity index (χ1) is 21.5. The number of hydrogen-bond acceptors (Lipinski definition) is 3. The minimum absolute atomic E-state index is 0.635. The summed E-state index contributed by atoms with van der Waals surface area (Å²) in [5.41, 5.74) is 14.5. The summed E-state index contributed by atoms with van der Waals surface area (Å²) in [6.45, 7) is 19.6. The van der Waals surface area contributed by atoms with Gasteiger partial charge in [0.15, 0.2) is 0 Å². The highest BCUT2D eigenvalue weighted by Gasteiger charge is 2.21. The van der Waals surface area contributed by atoms with Crippen LogP contribution >= 0.6 is 0 Å². The first kappa shape index (κ1) is 30.8. The van der Waals surface area contributed by atoms with Gasteiger partial charge in [0.25, 0.3) is 0 Å². The lowest BCUT2D eigenvalue weighted by atomic mass is 9.82. The second kappa shape index (κ2) is 14.2. The molecule has 0 radical (unpaired) electrons. The number of hydrogen-bond donors (Lipinski definition) is 0. The summed E-state index contributed by atoms with van der Waals surface area (Å²) < 4.78 is 0. The molecule has 0 unspecified atom stereocenters. The molecule has 0 heterocycles. The second-order valence-corrected chi connectivity index (χ2v) is 11.2. The molecule has 0 amide bonds. The monoisotopic (exact) mass is 579 g/mol. The van der Waals surface area contributed by atoms with Crippen molar-refractivity contribution in [3.05, 3.63) is 149 Å². The maximum Gasteiger partial charge on any atom is 0.0657 e. The van der Waals surface area contributed by atoms with E-state index in [1.54, 1.807) is 0 Å². The van der Waals surface area contributed by atoms with E-state index in [9.17, 15) is 0 Å². The first-order valence-electron chi connectivity index (χ1n) is 16.0. The Labute approximate surface area is 264 Å². The number of benzene rings is 4. The predicted molar refractivity (Wildman–Crippen MR) is 193 cm³/mol. The van der Waals surface area contributed by atoms with E-state index in [0.29, 0.717) is 6.54 Å². The molecular formula is C41H45N3. The summed E-state index contributed by atoms with van der Waals surface area (Å²) in [6, 6.07) is 33.2. The largest absolute Gasteiger partial charge is 0.372 e. The van der Waals surface area contributed by atoms with Crippen LogP contribution in [-0.4, -0.2) is 31.9 Å². The molecule has 0 aliphatic heterocycles. The Bertz CT molecular complexity index is 1680. The van der Waals surface area contributed by atoms with E-state index in [1.807, 2.05) is 6.08 Å². The van der Waals surface area contributed by atoms with E-state index in [1.165, 1.54) is 55.9 Å². The lowest BCUT2D eigenvalue weighted by Crippen LogP contribution is -2.22. The van der Waals surface area contributed by atoms with E-state index in [0.717, 1.165) is 37.5 Å². The van der Waals surface area contributed by atoms with E-state index >= 15 is 0 Å². The Balaban J connectivity index is 1.65. The van der Waals surface area contributed by atoms with Crippen LogP contribution < -0.4 is 9.80 Å². The molecule has 0 N–H and O–H groups in total. The molecule has 44 heavy (non-hydrogen) atoms. The molecule has 0 fully saturated rings. The van der Waals surface area contributed by atoms with Crippen LogP contribution in [0, 0.1) is 6.92 Å². The third-order valence-electron chi connectivity index (χ3n) is 8.71. The van der Waals surface area contributed by atoms with Crippen molar-refractivity contribution in [3.63, 3.8) is 0 Å². The summed E-state index contributed by atoms with van der Waals surface area (Å²) in [6.07, 6.45) is 6.34. The second-order valence-electron chi connectivity index (χ2n) is 11.2. The summed E-state index contributed by atoms with van der Waals surface area (Å²) in [4.78, 5) is 9.88. The Morgan fingerprint density at radius 1 is 0.705 bits per heavy atom. The van der Waals surface area contributed by atoms with Crippen molar-refractivity contribution in [2.24, 2.45) is 4.99 Å². The molecule has 224 valence electrons. The third-order valence-corrected chi connectivity index (χ3v) is 8.71. The van der Waals surface area contributed by atoms with E-state index in [4.69, 9.17) is 4.99 Å². The van der Waals surface area contributed by atoms with Crippen LogP contribution in [0.3, 0.4) is 0 Å². The molecule has 4 aromatic carbocycles. The minimum atomic E-state index is 0.635. The van der Waals surface area contributed by atoms with Crippen LogP contribution in [-0.2, 0) is 6.54 Å². The normalized spacial score (nSPS) is 14.3. The van der Waals surface area contributed by atoms with Crippen molar-refractivity contribution < 1.29 is 0 Å². The molecule has 1 aliphatic carbocycles. The molecule has 5 rings (SSSR count). The van der Waals surface area contributed by atoms with Gasteiger partial charge in [0.05, 0.1) is 12.3 Å². The van der Waals surface area contributed by atoms with Crippen LogP contribution in [0.15, 0.2) is 115 Å². The highest BCUT2D eigenvalue weighted by molar-refractivity contribution is 6.19. The fraction of sp³-hybridized carbons (Fsp3) is 0.244. The van der Waals surface area contributed by atoms with E-state index in [2.05, 4.69) is 154 Å². The van der Waals surface area contributed by atoms with Crippen molar-refractivity contribution in [1.82, 2.24) is 0 Å². The molecule has 3 heteroatoms. The van der Waals surface area contributed by atoms with Gasteiger partial charge in [0.1, 0.15) is 0 Å². The van der Waals surface area contributed by atoms with E-state index in [-0.39, 0.29) is 0 Å². The van der Waals surface area contributed by atoms with Gasteiger partial charge in [0, 0.05) is 43.1 Å². The highest BCUT2D eigenvalue weighted by Crippen LogP contribution is 2.39. The van der Waals surface area contributed by atoms with Gasteiger partial charge in [-0.2, -0.15) is 0 Å². The smallest absolute Gasteiger partial charge is 0.0657 e. The zero-order valence-electron chi connectivity index (χ0n) is 27.0. The standard InChI is InChI=1S/C41H45N3/c1-7-31-16-18-32(19-17-31)29-42-40-27-26-39(37-14-12-13-15-38(37)40)41(33-20-22-34(23-21-33)43(8-2)9-3)36-25-24-35(28-30(36)6)44(10-4)11-5/h7,12-28H,1,8-11,29H2,2-6H3. The molecule has 3 nitrogen and oxygen atoms in total. The van der Waals surface area contributed by atoms with Gasteiger partial charge < -0.3 is 9.80 Å². The maximum atomic E-state index is 5.08. The zero-order chi connectivity index (χ0) is 31.1. The maximum absolute atomic E-state index is 5.08. The fourth-order valence-electron chi connectivity index (χ4n) is 6.17. The summed E-state index contributed by atoms with van der Waals surface area (Å²) in [7, 11) is 0. The average molecular weight is 580 g/mol. The van der Waals surface area contributed by atoms with Gasteiger partial charge >= 0.3 is 0 Å². The number of allylic oxidation sites excluding steroid dienone is 3. The van der Waals surface area contributed by atoms with Gasteiger partial charge in [-0.3, -0.25) is 4.99 Å². The van der Waals surface area contributed by atoms with Gasteiger partial charge in [-0.05, 0) is 109 Å². The number of anilines is 2. The SMILES string of the molecule is C=Cc1ccc(CN=C2C=CC(=C(c3ccc(N(CC)CC)cc3)c3ccc(N(CC)CC)cc3C)c3ccccc32)cc1. The quantitative estimate of drug-likeness (QED) is 0.176. The van der Waals surface area contributed by atoms with Crippen molar-refractivity contribution in [1.29, 1.82) is 0 Å². The van der Waals surface area contributed by atoms with Crippen LogP contribution in [0.4, 0.5) is 11.4 Å². The van der Waals surface area contributed by atoms with Crippen LogP contribution in [0.5, 0.6) is 0 Å². The molecule has 4 aromatic rings. The van der Waals surface area contributed by atoms with E-state index < -0.39 is 0 Å². The number of aryl methyl sites for hydroxylation is 1. The van der Waals surface area contributed by atoms with Crippen LogP contribution in [0.1, 0.15) is 66.6 Å². The summed E-state index contributed by atoms with van der Waals surface area (Å²) in [5, 5.41) is 0. The van der Waals surface area contributed by atoms with Crippen molar-refractivity contribution in [2.75, 3.05) is 36.0 Å². The van der Waals surface area contributed by atoms with Crippen molar-refractivity contribution in [3.8, 4) is 0 Å². The predicted octanol–water partition coefficient (Wildman–Crippen LogP) is 9.85. The Hall–Kier alpha value is -4.63. The summed E-state index contributed by atoms with van der Waals surface area (Å²) in [5.74, 6) is 0. The number of rotatable bonds is 11. The van der Waals surface area contributed by atoms with Gasteiger partial charge in [0.2, 0.25) is 0 Å². The molecule has 1 aliphatic rings. The molecular weight excluding hydrogens is 534 g/mol. The summed E-state index contributed by atoms with van der Waals surface area (Å²) >= 11 is 0. The number of fused-ring (bicyclic) bond motifs is 1. The molecule has 0 bridgehead atoms. The molecule has 0 aromatic heterocycles. The Morgan fingerprint density at radius 3 is 1.93 bits per heavy atom. The van der Waals surface area contributed by atoms with Crippen LogP contribution in [0.2, 0.25) is 0 Å². The topological polar surface area (TPSA) is 18.8 Å². The molecule has 0 saturated heterocycles. The Kier molecular flexibility index (Phi) is 9.96. The van der Waals surface area contributed by atoms with Crippen molar-refractivity contribution >= 4 is 34.3 Å². The third kappa shape index (κ3) is 6.48. The highest BCUT2D eigenvalue weighted by atomic mass is 15.1. The fourth-order valence-corrected chi connectivity index (χ4v) is 6.17. The number of aliphatic imine (C=N–C) groups is 1. The lowest BCUT2D eigenvalue weighted by Gasteiger charge is -2.25. The van der Waals surface area contributed by atoms with Crippen LogP contribution in [0.25, 0.3) is 17.2 Å². The van der Waals surface area contributed by atoms with Gasteiger partial charge in [-0.25, -0.2) is 0 Å². The molecule has 0 saturated carbocycles. The minimum Gasteiger partial charge on any atom is -0.372 e. The average Bonchev–Trinajstić information content (AvgIpc) is 3.07.